The van der Waals surface area contributed by atoms with Crippen molar-refractivity contribution in [1.29, 1.82) is 0 Å². The maximum absolute atomic E-state index is 5.48. The van der Waals surface area contributed by atoms with Gasteiger partial charge in [-0.2, -0.15) is 0 Å². The molecule has 1 aromatic rings. The summed E-state index contributed by atoms with van der Waals surface area (Å²) in [5.74, 6) is 2.78. The van der Waals surface area contributed by atoms with E-state index in [-0.39, 0.29) is 0 Å². The summed E-state index contributed by atoms with van der Waals surface area (Å²) in [7, 11) is 2.20. The third kappa shape index (κ3) is 3.76. The van der Waals surface area contributed by atoms with Crippen molar-refractivity contribution in [3.05, 3.63) is 48.6 Å². The van der Waals surface area contributed by atoms with Gasteiger partial charge in [0, 0.05) is 6.42 Å². The van der Waals surface area contributed by atoms with Crippen LogP contribution in [-0.2, 0) is 6.42 Å². The molecule has 0 saturated heterocycles. The molecule has 2 atom stereocenters. The van der Waals surface area contributed by atoms with Crippen LogP contribution in [0.25, 0.3) is 0 Å². The van der Waals surface area contributed by atoms with Gasteiger partial charge in [0.1, 0.15) is 6.54 Å². The molecule has 1 nitrogen and oxygen atoms in total. The van der Waals surface area contributed by atoms with Crippen molar-refractivity contribution in [1.82, 2.24) is 0 Å². The van der Waals surface area contributed by atoms with E-state index >= 15 is 0 Å². The summed E-state index contributed by atoms with van der Waals surface area (Å²) in [5, 5.41) is 0. The largest absolute Gasteiger partial charge is 0.310 e. The Bertz CT molecular complexity index is 388. The van der Waals surface area contributed by atoms with Gasteiger partial charge >= 0.3 is 0 Å². The van der Waals surface area contributed by atoms with Gasteiger partial charge in [-0.1, -0.05) is 36.9 Å². The lowest BCUT2D eigenvalue weighted by Crippen LogP contribution is -2.52. The Morgan fingerprint density at radius 2 is 2.06 bits per heavy atom. The number of benzene rings is 1. The van der Waals surface area contributed by atoms with Gasteiger partial charge in [0.2, 0.25) is 0 Å². The first kappa shape index (κ1) is 13.5. The van der Waals surface area contributed by atoms with Crippen LogP contribution in [0.1, 0.15) is 12.5 Å². The second-order valence-corrected chi connectivity index (χ2v) is 4.85. The summed E-state index contributed by atoms with van der Waals surface area (Å²) >= 11 is 0. The molecule has 0 aromatic heterocycles. The monoisotopic (exact) mass is 228 g/mol. The maximum atomic E-state index is 5.48. The molecular weight excluding hydrogens is 206 g/mol. The van der Waals surface area contributed by atoms with Gasteiger partial charge in [-0.3, -0.25) is 0 Å². The molecule has 0 fully saturated rings. The quantitative estimate of drug-likeness (QED) is 0.399. The average Bonchev–Trinajstić information content (AvgIpc) is 2.31. The Morgan fingerprint density at radius 3 is 2.59 bits per heavy atom. The van der Waals surface area contributed by atoms with Crippen LogP contribution in [0.3, 0.4) is 0 Å². The molecule has 0 spiro atoms. The lowest BCUT2D eigenvalue weighted by molar-refractivity contribution is -0.919. The van der Waals surface area contributed by atoms with E-state index in [1.54, 1.807) is 0 Å². The predicted octanol–water partition coefficient (Wildman–Crippen LogP) is 2.88. The zero-order valence-corrected chi connectivity index (χ0v) is 10.9. The maximum Gasteiger partial charge on any atom is 0.140 e. The van der Waals surface area contributed by atoms with E-state index < -0.39 is 0 Å². The van der Waals surface area contributed by atoms with Crippen molar-refractivity contribution in [2.24, 2.45) is 0 Å². The van der Waals surface area contributed by atoms with E-state index in [1.807, 2.05) is 12.1 Å². The molecule has 0 aliphatic carbocycles. The number of likely N-dealkylation sites (N-methyl/N-ethyl adjacent to an activating group) is 1. The van der Waals surface area contributed by atoms with Crippen molar-refractivity contribution in [2.45, 2.75) is 19.4 Å². The zero-order chi connectivity index (χ0) is 12.7. The molecule has 0 saturated carbocycles. The van der Waals surface area contributed by atoms with Gasteiger partial charge < -0.3 is 4.48 Å². The third-order valence-electron chi connectivity index (χ3n) is 3.44. The third-order valence-corrected chi connectivity index (χ3v) is 3.44. The smallest absolute Gasteiger partial charge is 0.140 e. The second kappa shape index (κ2) is 6.27. The molecule has 0 bridgehead atoms. The van der Waals surface area contributed by atoms with E-state index in [0.717, 1.165) is 24.0 Å². The van der Waals surface area contributed by atoms with Crippen LogP contribution in [0, 0.1) is 12.3 Å². The first-order valence-electron chi connectivity index (χ1n) is 6.05. The lowest BCUT2D eigenvalue weighted by atomic mass is 10.0. The molecule has 1 heteroatoms. The van der Waals surface area contributed by atoms with Gasteiger partial charge in [-0.25, -0.2) is 0 Å². The number of hydrogen-bond acceptors (Lipinski definition) is 0. The van der Waals surface area contributed by atoms with E-state index in [1.165, 1.54) is 5.56 Å². The fraction of sp³-hybridized carbons (Fsp3) is 0.375. The van der Waals surface area contributed by atoms with Crippen LogP contribution in [0.5, 0.6) is 0 Å². The summed E-state index contributed by atoms with van der Waals surface area (Å²) in [6, 6.07) is 11.1. The number of terminal acetylenes is 1. The van der Waals surface area contributed by atoms with Crippen LogP contribution < -0.4 is 0 Å². The Morgan fingerprint density at radius 1 is 1.41 bits per heavy atom. The summed E-state index contributed by atoms with van der Waals surface area (Å²) in [6.45, 7) is 7.76. The number of nitrogens with zero attached hydrogens (tertiary/aromatic N) is 1. The number of hydrogen-bond donors (Lipinski definition) is 0. The minimum Gasteiger partial charge on any atom is -0.310 e. The molecule has 0 radical (unpaired) electrons. The van der Waals surface area contributed by atoms with Crippen LogP contribution in [-0.4, -0.2) is 30.7 Å². The molecule has 0 N–H and O–H groups in total. The Kier molecular flexibility index (Phi) is 5.00. The fourth-order valence-corrected chi connectivity index (χ4v) is 2.08. The molecular formula is C16H22N+. The van der Waals surface area contributed by atoms with Crippen LogP contribution in [0.2, 0.25) is 0 Å². The SMILES string of the molecule is C#CC[N+](C)(CC=C)C(C)Cc1ccccc1. The predicted molar refractivity (Wildman–Crippen MR) is 74.6 cm³/mol. The van der Waals surface area contributed by atoms with Crippen molar-refractivity contribution in [3.8, 4) is 12.3 Å². The average molecular weight is 228 g/mol. The Hall–Kier alpha value is -1.52. The van der Waals surface area contributed by atoms with Crippen molar-refractivity contribution in [3.63, 3.8) is 0 Å². The molecule has 1 rings (SSSR count). The van der Waals surface area contributed by atoms with Gasteiger partial charge in [0.25, 0.3) is 0 Å². The molecule has 90 valence electrons. The molecule has 0 amide bonds. The topological polar surface area (TPSA) is 0 Å². The highest BCUT2D eigenvalue weighted by molar-refractivity contribution is 5.15. The first-order chi connectivity index (χ1) is 8.12. The van der Waals surface area contributed by atoms with Gasteiger partial charge in [0.05, 0.1) is 19.6 Å². The van der Waals surface area contributed by atoms with Crippen LogP contribution >= 0.6 is 0 Å². The van der Waals surface area contributed by atoms with Crippen molar-refractivity contribution in [2.75, 3.05) is 20.1 Å². The zero-order valence-electron chi connectivity index (χ0n) is 10.9. The second-order valence-electron chi connectivity index (χ2n) is 4.85. The summed E-state index contributed by atoms with van der Waals surface area (Å²) in [6.07, 6.45) is 8.48. The Labute approximate surface area is 105 Å². The minimum atomic E-state index is 0.492. The molecule has 2 unspecified atom stereocenters. The van der Waals surface area contributed by atoms with Gasteiger partial charge in [0.15, 0.2) is 0 Å². The summed E-state index contributed by atoms with van der Waals surface area (Å²) in [4.78, 5) is 0. The Balaban J connectivity index is 2.76. The van der Waals surface area contributed by atoms with Crippen molar-refractivity contribution >= 4 is 0 Å². The highest BCUT2D eigenvalue weighted by Crippen LogP contribution is 2.15. The highest BCUT2D eigenvalue weighted by atomic mass is 15.3. The van der Waals surface area contributed by atoms with Gasteiger partial charge in [-0.15, -0.1) is 6.42 Å². The molecule has 1 aromatic carbocycles. The van der Waals surface area contributed by atoms with Crippen LogP contribution in [0.4, 0.5) is 0 Å². The number of rotatable bonds is 6. The summed E-state index contributed by atoms with van der Waals surface area (Å²) in [5.41, 5.74) is 1.37. The van der Waals surface area contributed by atoms with E-state index in [0.29, 0.717) is 6.04 Å². The lowest BCUT2D eigenvalue weighted by Gasteiger charge is -2.38. The molecule has 0 heterocycles. The van der Waals surface area contributed by atoms with Gasteiger partial charge in [-0.05, 0) is 24.5 Å². The highest BCUT2D eigenvalue weighted by Gasteiger charge is 2.26. The standard InChI is InChI=1S/C16H22N/c1-5-12-17(4,13-6-2)15(3)14-16-10-8-7-9-11-16/h1,6-11,15H,2,12-14H2,3-4H3/q+1. The number of quaternary nitrogens is 1. The fourth-order valence-electron chi connectivity index (χ4n) is 2.08. The van der Waals surface area contributed by atoms with E-state index in [4.69, 9.17) is 6.42 Å². The molecule has 0 aliphatic heterocycles. The van der Waals surface area contributed by atoms with E-state index in [2.05, 4.69) is 50.7 Å². The normalized spacial score (nSPS) is 15.6. The van der Waals surface area contributed by atoms with E-state index in [9.17, 15) is 0 Å². The molecule has 17 heavy (non-hydrogen) atoms. The van der Waals surface area contributed by atoms with Crippen LogP contribution in [0.15, 0.2) is 43.0 Å². The van der Waals surface area contributed by atoms with Crippen molar-refractivity contribution < 1.29 is 4.48 Å². The summed E-state index contributed by atoms with van der Waals surface area (Å²) < 4.78 is 0.856. The minimum absolute atomic E-state index is 0.492. The first-order valence-corrected chi connectivity index (χ1v) is 6.05. The molecule has 0 aliphatic rings.